The van der Waals surface area contributed by atoms with Gasteiger partial charge >= 0.3 is 0 Å². The van der Waals surface area contributed by atoms with Gasteiger partial charge in [0.15, 0.2) is 0 Å². The van der Waals surface area contributed by atoms with Crippen molar-refractivity contribution in [3.8, 4) is 0 Å². The Balaban J connectivity index is 2.24. The third-order valence-corrected chi connectivity index (χ3v) is 4.65. The van der Waals surface area contributed by atoms with Gasteiger partial charge in [0, 0.05) is 14.6 Å². The minimum atomic E-state index is 0.308. The summed E-state index contributed by atoms with van der Waals surface area (Å²) in [6.07, 6.45) is 2.04. The summed E-state index contributed by atoms with van der Waals surface area (Å²) in [5, 5.41) is 4.49. The van der Waals surface area contributed by atoms with Gasteiger partial charge in [-0.3, -0.25) is 0 Å². The van der Waals surface area contributed by atoms with Crippen LogP contribution in [0.15, 0.2) is 48.5 Å². The van der Waals surface area contributed by atoms with Gasteiger partial charge < -0.3 is 5.32 Å². The third kappa shape index (κ3) is 4.21. The van der Waals surface area contributed by atoms with Gasteiger partial charge in [-0.1, -0.05) is 54.9 Å². The lowest BCUT2D eigenvalue weighted by molar-refractivity contribution is 0.527. The first-order valence-corrected chi connectivity index (χ1v) is 8.39. The van der Waals surface area contributed by atoms with Crippen LogP contribution in [-0.4, -0.2) is 6.54 Å². The summed E-state index contributed by atoms with van der Waals surface area (Å²) in [5.74, 6) is 0. The van der Waals surface area contributed by atoms with Gasteiger partial charge in [-0.15, -0.1) is 0 Å². The van der Waals surface area contributed by atoms with Crippen LogP contribution in [0.4, 0.5) is 0 Å². The molecular formula is C17H19ClIN. The van der Waals surface area contributed by atoms with Crippen molar-refractivity contribution in [3.05, 3.63) is 68.3 Å². The van der Waals surface area contributed by atoms with Crippen molar-refractivity contribution in [1.82, 2.24) is 5.32 Å². The lowest BCUT2D eigenvalue weighted by Gasteiger charge is -2.21. The molecule has 106 valence electrons. The van der Waals surface area contributed by atoms with Gasteiger partial charge in [-0.25, -0.2) is 0 Å². The first-order valence-electron chi connectivity index (χ1n) is 6.93. The van der Waals surface area contributed by atoms with Gasteiger partial charge in [-0.2, -0.15) is 0 Å². The zero-order chi connectivity index (χ0) is 14.4. The van der Waals surface area contributed by atoms with Crippen LogP contribution in [0.5, 0.6) is 0 Å². The molecule has 0 bridgehead atoms. The molecule has 1 N–H and O–H groups in total. The highest BCUT2D eigenvalue weighted by molar-refractivity contribution is 14.1. The number of hydrogen-bond acceptors (Lipinski definition) is 1. The highest BCUT2D eigenvalue weighted by Crippen LogP contribution is 2.26. The zero-order valence-corrected chi connectivity index (χ0v) is 14.5. The van der Waals surface area contributed by atoms with Gasteiger partial charge in [0.1, 0.15) is 0 Å². The van der Waals surface area contributed by atoms with Crippen LogP contribution in [0, 0.1) is 3.57 Å². The second kappa shape index (κ2) is 8.01. The Hall–Kier alpha value is -0.580. The van der Waals surface area contributed by atoms with Gasteiger partial charge in [0.05, 0.1) is 0 Å². The van der Waals surface area contributed by atoms with Crippen molar-refractivity contribution in [2.75, 3.05) is 6.54 Å². The second-order valence-corrected chi connectivity index (χ2v) is 6.39. The minimum Gasteiger partial charge on any atom is -0.310 e. The first kappa shape index (κ1) is 15.8. The molecule has 0 aromatic heterocycles. The third-order valence-electron chi connectivity index (χ3n) is 3.30. The summed E-state index contributed by atoms with van der Waals surface area (Å²) in [4.78, 5) is 0. The maximum absolute atomic E-state index is 6.30. The van der Waals surface area contributed by atoms with E-state index in [1.807, 2.05) is 18.2 Å². The van der Waals surface area contributed by atoms with Crippen molar-refractivity contribution in [3.63, 3.8) is 0 Å². The predicted molar refractivity (Wildman–Crippen MR) is 95.3 cm³/mol. The monoisotopic (exact) mass is 399 g/mol. The highest BCUT2D eigenvalue weighted by atomic mass is 127. The van der Waals surface area contributed by atoms with Crippen LogP contribution in [0.1, 0.15) is 30.5 Å². The Bertz CT molecular complexity index is 556. The van der Waals surface area contributed by atoms with E-state index in [0.29, 0.717) is 6.04 Å². The Kier molecular flexibility index (Phi) is 6.33. The van der Waals surface area contributed by atoms with Crippen LogP contribution in [-0.2, 0) is 6.42 Å². The van der Waals surface area contributed by atoms with E-state index >= 15 is 0 Å². The van der Waals surface area contributed by atoms with Crippen molar-refractivity contribution in [1.29, 1.82) is 0 Å². The Labute approximate surface area is 139 Å². The fraction of sp³-hybridized carbons (Fsp3) is 0.294. The minimum absolute atomic E-state index is 0.308. The highest BCUT2D eigenvalue weighted by Gasteiger charge is 2.15. The molecule has 0 aliphatic rings. The van der Waals surface area contributed by atoms with Crippen LogP contribution in [0.3, 0.4) is 0 Å². The van der Waals surface area contributed by atoms with Crippen LogP contribution in [0.25, 0.3) is 0 Å². The number of nitrogens with one attached hydrogen (secondary N) is 1. The Morgan fingerprint density at radius 3 is 2.50 bits per heavy atom. The molecule has 0 radical (unpaired) electrons. The summed E-state index contributed by atoms with van der Waals surface area (Å²) >= 11 is 8.71. The molecule has 0 aliphatic carbocycles. The van der Waals surface area contributed by atoms with E-state index in [2.05, 4.69) is 65.2 Å². The summed E-state index contributed by atoms with van der Waals surface area (Å²) in [6, 6.07) is 16.9. The average molecular weight is 400 g/mol. The van der Waals surface area contributed by atoms with Crippen LogP contribution < -0.4 is 5.32 Å². The predicted octanol–water partition coefficient (Wildman–Crippen LogP) is 5.23. The molecule has 0 saturated heterocycles. The van der Waals surface area contributed by atoms with E-state index in [4.69, 9.17) is 11.6 Å². The molecular weight excluding hydrogens is 381 g/mol. The topological polar surface area (TPSA) is 12.0 Å². The SMILES string of the molecule is CCCNC(Cc1ccccc1Cl)c1ccccc1I. The van der Waals surface area contributed by atoms with Gasteiger partial charge in [-0.05, 0) is 65.2 Å². The number of hydrogen-bond donors (Lipinski definition) is 1. The molecule has 1 atom stereocenters. The molecule has 1 nitrogen and oxygen atoms in total. The molecule has 1 unspecified atom stereocenters. The molecule has 0 fully saturated rings. The van der Waals surface area contributed by atoms with E-state index < -0.39 is 0 Å². The maximum Gasteiger partial charge on any atom is 0.0438 e. The van der Waals surface area contributed by atoms with Crippen molar-refractivity contribution in [2.45, 2.75) is 25.8 Å². The summed E-state index contributed by atoms with van der Waals surface area (Å²) < 4.78 is 1.30. The molecule has 2 aromatic carbocycles. The summed E-state index contributed by atoms with van der Waals surface area (Å²) in [5.41, 5.74) is 2.55. The number of benzene rings is 2. The lowest BCUT2D eigenvalue weighted by Crippen LogP contribution is -2.25. The number of halogens is 2. The molecule has 0 spiro atoms. The van der Waals surface area contributed by atoms with E-state index in [9.17, 15) is 0 Å². The molecule has 2 aromatic rings. The lowest BCUT2D eigenvalue weighted by atomic mass is 9.98. The maximum atomic E-state index is 6.30. The van der Waals surface area contributed by atoms with E-state index in [-0.39, 0.29) is 0 Å². The van der Waals surface area contributed by atoms with E-state index in [1.54, 1.807) is 0 Å². The van der Waals surface area contributed by atoms with Gasteiger partial charge in [0.25, 0.3) is 0 Å². The normalized spacial score (nSPS) is 12.3. The molecule has 0 aliphatic heterocycles. The first-order chi connectivity index (χ1) is 9.72. The van der Waals surface area contributed by atoms with Gasteiger partial charge in [0.2, 0.25) is 0 Å². The molecule has 20 heavy (non-hydrogen) atoms. The summed E-state index contributed by atoms with van der Waals surface area (Å²) in [7, 11) is 0. The molecule has 0 amide bonds. The van der Waals surface area contributed by atoms with Crippen LogP contribution >= 0.6 is 34.2 Å². The van der Waals surface area contributed by atoms with Crippen molar-refractivity contribution < 1.29 is 0 Å². The van der Waals surface area contributed by atoms with E-state index in [1.165, 1.54) is 14.7 Å². The molecule has 0 saturated carbocycles. The largest absolute Gasteiger partial charge is 0.310 e. The average Bonchev–Trinajstić information content (AvgIpc) is 2.46. The van der Waals surface area contributed by atoms with Crippen LogP contribution in [0.2, 0.25) is 5.02 Å². The smallest absolute Gasteiger partial charge is 0.0438 e. The fourth-order valence-electron chi connectivity index (χ4n) is 2.25. The Morgan fingerprint density at radius 2 is 1.80 bits per heavy atom. The zero-order valence-electron chi connectivity index (χ0n) is 11.6. The fourth-order valence-corrected chi connectivity index (χ4v) is 3.23. The molecule has 0 heterocycles. The van der Waals surface area contributed by atoms with Crippen molar-refractivity contribution in [2.24, 2.45) is 0 Å². The molecule has 3 heteroatoms. The van der Waals surface area contributed by atoms with Crippen molar-refractivity contribution >= 4 is 34.2 Å². The quantitative estimate of drug-likeness (QED) is 0.656. The Morgan fingerprint density at radius 1 is 1.10 bits per heavy atom. The summed E-state index contributed by atoms with van der Waals surface area (Å²) in [6.45, 7) is 3.20. The second-order valence-electron chi connectivity index (χ2n) is 4.82. The molecule has 2 rings (SSSR count). The standard InChI is InChI=1S/C17H19ClIN/c1-2-11-20-17(14-8-4-6-10-16(14)19)12-13-7-3-5-9-15(13)18/h3-10,17,20H,2,11-12H2,1H3. The van der Waals surface area contributed by atoms with E-state index in [0.717, 1.165) is 24.4 Å². The number of rotatable bonds is 6.